The number of esters is 1. The standard InChI is InChI=1S/C15H17NO3/c17-14-9-12(6-7-16-14)15(18)19-13-5-4-10-2-1-3-11(10)8-13/h4-5,8,12H,1-3,6-7,9H2,(H,16,17)/t12-/m1/s1. The van der Waals surface area contributed by atoms with E-state index in [1.807, 2.05) is 18.2 Å². The minimum Gasteiger partial charge on any atom is -0.426 e. The van der Waals surface area contributed by atoms with Gasteiger partial charge >= 0.3 is 5.97 Å². The van der Waals surface area contributed by atoms with Crippen LogP contribution in [0.15, 0.2) is 18.2 Å². The molecule has 1 atom stereocenters. The molecule has 0 bridgehead atoms. The lowest BCUT2D eigenvalue weighted by Crippen LogP contribution is -2.38. The molecule has 1 aromatic rings. The van der Waals surface area contributed by atoms with Crippen LogP contribution in [0.2, 0.25) is 0 Å². The van der Waals surface area contributed by atoms with E-state index < -0.39 is 0 Å². The van der Waals surface area contributed by atoms with E-state index in [2.05, 4.69) is 5.32 Å². The van der Waals surface area contributed by atoms with Crippen molar-refractivity contribution in [1.29, 1.82) is 0 Å². The van der Waals surface area contributed by atoms with Crippen molar-refractivity contribution in [2.75, 3.05) is 6.54 Å². The van der Waals surface area contributed by atoms with Crippen molar-refractivity contribution < 1.29 is 14.3 Å². The number of ether oxygens (including phenoxy) is 1. The van der Waals surface area contributed by atoms with Crippen molar-refractivity contribution in [3.8, 4) is 5.75 Å². The zero-order chi connectivity index (χ0) is 13.2. The number of benzene rings is 1. The van der Waals surface area contributed by atoms with Gasteiger partial charge in [-0.25, -0.2) is 0 Å². The van der Waals surface area contributed by atoms with Gasteiger partial charge in [0.05, 0.1) is 5.92 Å². The van der Waals surface area contributed by atoms with Crippen molar-refractivity contribution in [2.24, 2.45) is 5.92 Å². The molecule has 1 aromatic carbocycles. The topological polar surface area (TPSA) is 55.4 Å². The molecule has 0 aromatic heterocycles. The first kappa shape index (κ1) is 12.2. The second kappa shape index (κ2) is 5.03. The predicted octanol–water partition coefficient (Wildman–Crippen LogP) is 1.61. The van der Waals surface area contributed by atoms with E-state index in [9.17, 15) is 9.59 Å². The Morgan fingerprint density at radius 3 is 2.95 bits per heavy atom. The number of hydrogen-bond donors (Lipinski definition) is 1. The van der Waals surface area contributed by atoms with Gasteiger partial charge in [-0.05, 0) is 48.9 Å². The number of fused-ring (bicyclic) bond motifs is 1. The third kappa shape index (κ3) is 2.62. The first-order chi connectivity index (χ1) is 9.22. The minimum absolute atomic E-state index is 0.0675. The number of carbonyl (C=O) groups excluding carboxylic acids is 2. The van der Waals surface area contributed by atoms with Gasteiger partial charge in [-0.3, -0.25) is 9.59 Å². The Kier molecular flexibility index (Phi) is 3.23. The fourth-order valence-corrected chi connectivity index (χ4v) is 2.80. The number of rotatable bonds is 2. The van der Waals surface area contributed by atoms with Crippen molar-refractivity contribution in [3.05, 3.63) is 29.3 Å². The van der Waals surface area contributed by atoms with E-state index in [1.54, 1.807) is 0 Å². The van der Waals surface area contributed by atoms with Crippen molar-refractivity contribution in [2.45, 2.75) is 32.1 Å². The largest absolute Gasteiger partial charge is 0.426 e. The number of nitrogens with one attached hydrogen (secondary N) is 1. The number of amides is 1. The van der Waals surface area contributed by atoms with Gasteiger partial charge in [0.1, 0.15) is 5.75 Å². The number of aryl methyl sites for hydroxylation is 2. The van der Waals surface area contributed by atoms with E-state index in [-0.39, 0.29) is 24.2 Å². The van der Waals surface area contributed by atoms with Crippen LogP contribution in [-0.4, -0.2) is 18.4 Å². The normalized spacial score (nSPS) is 21.7. The summed E-state index contributed by atoms with van der Waals surface area (Å²) in [6, 6.07) is 5.85. The van der Waals surface area contributed by atoms with Crippen LogP contribution in [0.4, 0.5) is 0 Å². The fourth-order valence-electron chi connectivity index (χ4n) is 2.80. The summed E-state index contributed by atoms with van der Waals surface area (Å²) in [5.74, 6) is -0.0476. The molecule has 1 aliphatic heterocycles. The van der Waals surface area contributed by atoms with E-state index in [0.29, 0.717) is 18.7 Å². The molecule has 100 valence electrons. The summed E-state index contributed by atoms with van der Waals surface area (Å²) in [4.78, 5) is 23.3. The Morgan fingerprint density at radius 1 is 1.26 bits per heavy atom. The van der Waals surface area contributed by atoms with Crippen LogP contribution in [0.25, 0.3) is 0 Å². The molecule has 2 aliphatic rings. The summed E-state index contributed by atoms with van der Waals surface area (Å²) in [5.41, 5.74) is 2.64. The molecular weight excluding hydrogens is 242 g/mol. The average molecular weight is 259 g/mol. The quantitative estimate of drug-likeness (QED) is 0.648. The smallest absolute Gasteiger partial charge is 0.314 e. The molecule has 1 heterocycles. The lowest BCUT2D eigenvalue weighted by molar-refractivity contribution is -0.143. The highest BCUT2D eigenvalue weighted by Gasteiger charge is 2.27. The van der Waals surface area contributed by atoms with Crippen molar-refractivity contribution >= 4 is 11.9 Å². The molecule has 4 heteroatoms. The monoisotopic (exact) mass is 259 g/mol. The first-order valence-corrected chi connectivity index (χ1v) is 6.82. The first-order valence-electron chi connectivity index (χ1n) is 6.82. The van der Waals surface area contributed by atoms with Crippen LogP contribution >= 0.6 is 0 Å². The third-order valence-corrected chi connectivity index (χ3v) is 3.87. The Bertz CT molecular complexity index is 524. The maximum Gasteiger partial charge on any atom is 0.314 e. The summed E-state index contributed by atoms with van der Waals surface area (Å²) < 4.78 is 5.41. The lowest BCUT2D eigenvalue weighted by Gasteiger charge is -2.20. The van der Waals surface area contributed by atoms with Gasteiger partial charge in [0.2, 0.25) is 5.91 Å². The van der Waals surface area contributed by atoms with Crippen LogP contribution in [0, 0.1) is 5.92 Å². The van der Waals surface area contributed by atoms with Gasteiger partial charge in [-0.1, -0.05) is 6.07 Å². The maximum atomic E-state index is 12.0. The molecule has 3 rings (SSSR count). The molecule has 4 nitrogen and oxygen atoms in total. The van der Waals surface area contributed by atoms with E-state index >= 15 is 0 Å². The molecule has 0 radical (unpaired) electrons. The molecular formula is C15H17NO3. The zero-order valence-electron chi connectivity index (χ0n) is 10.8. The van der Waals surface area contributed by atoms with Crippen molar-refractivity contribution in [1.82, 2.24) is 5.32 Å². The van der Waals surface area contributed by atoms with Crippen LogP contribution in [0.5, 0.6) is 5.75 Å². The molecule has 1 saturated heterocycles. The van der Waals surface area contributed by atoms with E-state index in [0.717, 1.165) is 12.8 Å². The maximum absolute atomic E-state index is 12.0. The fraction of sp³-hybridized carbons (Fsp3) is 0.467. The zero-order valence-corrected chi connectivity index (χ0v) is 10.8. The van der Waals surface area contributed by atoms with Gasteiger partial charge in [0, 0.05) is 13.0 Å². The minimum atomic E-state index is -0.304. The van der Waals surface area contributed by atoms with E-state index in [4.69, 9.17) is 4.74 Å². The van der Waals surface area contributed by atoms with E-state index in [1.165, 1.54) is 17.5 Å². The summed E-state index contributed by atoms with van der Waals surface area (Å²) >= 11 is 0. The molecule has 19 heavy (non-hydrogen) atoms. The molecule has 1 fully saturated rings. The summed E-state index contributed by atoms with van der Waals surface area (Å²) in [6.45, 7) is 0.558. The number of hydrogen-bond acceptors (Lipinski definition) is 3. The number of piperidine rings is 1. The summed E-state index contributed by atoms with van der Waals surface area (Å²) in [6.07, 6.45) is 4.26. The van der Waals surface area contributed by atoms with Gasteiger partial charge in [-0.2, -0.15) is 0 Å². The Morgan fingerprint density at radius 2 is 2.11 bits per heavy atom. The highest BCUT2D eigenvalue weighted by molar-refractivity contribution is 5.85. The molecule has 1 amide bonds. The van der Waals surface area contributed by atoms with Gasteiger partial charge < -0.3 is 10.1 Å². The molecule has 1 aliphatic carbocycles. The SMILES string of the molecule is O=C1C[C@H](C(=O)Oc2ccc3c(c2)CCC3)CCN1. The highest BCUT2D eigenvalue weighted by atomic mass is 16.5. The van der Waals surface area contributed by atoms with Crippen molar-refractivity contribution in [3.63, 3.8) is 0 Å². The molecule has 0 unspecified atom stereocenters. The lowest BCUT2D eigenvalue weighted by atomic mass is 9.98. The summed E-state index contributed by atoms with van der Waals surface area (Å²) in [7, 11) is 0. The van der Waals surface area contributed by atoms with Crippen LogP contribution in [0.1, 0.15) is 30.4 Å². The number of carbonyl (C=O) groups is 2. The van der Waals surface area contributed by atoms with Gasteiger partial charge in [-0.15, -0.1) is 0 Å². The van der Waals surface area contributed by atoms with Crippen LogP contribution in [0.3, 0.4) is 0 Å². The Labute approximate surface area is 112 Å². The second-order valence-corrected chi connectivity index (χ2v) is 5.24. The Balaban J connectivity index is 1.67. The third-order valence-electron chi connectivity index (χ3n) is 3.87. The highest BCUT2D eigenvalue weighted by Crippen LogP contribution is 2.27. The van der Waals surface area contributed by atoms with Gasteiger partial charge in [0.15, 0.2) is 0 Å². The second-order valence-electron chi connectivity index (χ2n) is 5.24. The molecule has 1 N–H and O–H groups in total. The molecule has 0 saturated carbocycles. The summed E-state index contributed by atoms with van der Waals surface area (Å²) in [5, 5.41) is 2.72. The molecule has 0 spiro atoms. The van der Waals surface area contributed by atoms with Crippen LogP contribution in [-0.2, 0) is 22.4 Å². The average Bonchev–Trinajstić information content (AvgIpc) is 2.86. The van der Waals surface area contributed by atoms with Crippen LogP contribution < -0.4 is 10.1 Å². The predicted molar refractivity (Wildman–Crippen MR) is 69.8 cm³/mol. The van der Waals surface area contributed by atoms with Gasteiger partial charge in [0.25, 0.3) is 0 Å². The Hall–Kier alpha value is -1.84.